The fourth-order valence-electron chi connectivity index (χ4n) is 3.02. The maximum atomic E-state index is 13.9. The van der Waals surface area contributed by atoms with Crippen molar-refractivity contribution >= 4 is 56.6 Å². The summed E-state index contributed by atoms with van der Waals surface area (Å²) in [5, 5.41) is 2.66. The lowest BCUT2D eigenvalue weighted by atomic mass is 10.2. The predicted octanol–water partition coefficient (Wildman–Crippen LogP) is 4.82. The molecule has 0 saturated carbocycles. The number of carbonyl (C=O) groups excluding carboxylic acids is 2. The Kier molecular flexibility index (Phi) is 8.19. The number of halogens is 2. The molecule has 0 aliphatic carbocycles. The molecular weight excluding hydrogens is 503 g/mol. The third kappa shape index (κ3) is 5.88. The molecule has 0 bridgehead atoms. The molecule has 0 aromatic heterocycles. The van der Waals surface area contributed by atoms with Gasteiger partial charge in [0.15, 0.2) is 0 Å². The van der Waals surface area contributed by atoms with E-state index in [0.29, 0.717) is 0 Å². The van der Waals surface area contributed by atoms with Crippen molar-refractivity contribution in [1.29, 1.82) is 0 Å². The van der Waals surface area contributed by atoms with Crippen LogP contribution in [0.2, 0.25) is 5.02 Å². The highest BCUT2D eigenvalue weighted by Crippen LogP contribution is 2.27. The summed E-state index contributed by atoms with van der Waals surface area (Å²) in [7, 11) is -3.02. The minimum absolute atomic E-state index is 0.0181. The van der Waals surface area contributed by atoms with Crippen molar-refractivity contribution in [3.8, 4) is 0 Å². The zero-order valence-corrected chi connectivity index (χ0v) is 20.5. The molecular formula is C23H20ClFN2O5S2. The van der Waals surface area contributed by atoms with E-state index in [9.17, 15) is 22.4 Å². The summed E-state index contributed by atoms with van der Waals surface area (Å²) in [6, 6.07) is 15.2. The number of rotatable bonds is 8. The Bertz CT molecular complexity index is 1320. The number of methoxy groups -OCH3 is 1. The van der Waals surface area contributed by atoms with Gasteiger partial charge in [0.25, 0.3) is 10.0 Å². The second kappa shape index (κ2) is 10.9. The number of nitrogens with zero attached hydrogens (tertiary/aromatic N) is 1. The third-order valence-corrected chi connectivity index (χ3v) is 7.55. The lowest BCUT2D eigenvalue weighted by Crippen LogP contribution is -2.38. The monoisotopic (exact) mass is 522 g/mol. The van der Waals surface area contributed by atoms with Crippen molar-refractivity contribution in [2.45, 2.75) is 9.79 Å². The van der Waals surface area contributed by atoms with Crippen LogP contribution in [-0.2, 0) is 19.6 Å². The maximum absolute atomic E-state index is 13.9. The number of carbonyl (C=O) groups is 2. The van der Waals surface area contributed by atoms with Gasteiger partial charge in [0.1, 0.15) is 12.4 Å². The normalized spacial score (nSPS) is 11.1. The van der Waals surface area contributed by atoms with Gasteiger partial charge < -0.3 is 10.1 Å². The first-order chi connectivity index (χ1) is 16.1. The van der Waals surface area contributed by atoms with Crippen LogP contribution in [-0.4, -0.2) is 40.2 Å². The van der Waals surface area contributed by atoms with Gasteiger partial charge in [-0.2, -0.15) is 0 Å². The molecule has 1 amide bonds. The highest BCUT2D eigenvalue weighted by Gasteiger charge is 2.28. The molecule has 3 aromatic rings. The van der Waals surface area contributed by atoms with E-state index in [1.54, 1.807) is 12.1 Å². The van der Waals surface area contributed by atoms with Crippen LogP contribution in [0.25, 0.3) is 0 Å². The summed E-state index contributed by atoms with van der Waals surface area (Å²) in [5.41, 5.74) is 0.219. The van der Waals surface area contributed by atoms with Gasteiger partial charge in [0, 0.05) is 10.6 Å². The fraction of sp³-hybridized carbons (Fsp3) is 0.130. The zero-order valence-electron chi connectivity index (χ0n) is 18.1. The van der Waals surface area contributed by atoms with E-state index in [1.807, 2.05) is 6.26 Å². The van der Waals surface area contributed by atoms with Crippen LogP contribution < -0.4 is 9.62 Å². The highest BCUT2D eigenvalue weighted by molar-refractivity contribution is 7.98. The smallest absolute Gasteiger partial charge is 0.339 e. The van der Waals surface area contributed by atoms with Crippen molar-refractivity contribution in [1.82, 2.24) is 0 Å². The Morgan fingerprint density at radius 2 is 1.79 bits per heavy atom. The molecule has 0 aliphatic heterocycles. The molecule has 0 aliphatic rings. The molecule has 178 valence electrons. The summed E-state index contributed by atoms with van der Waals surface area (Å²) in [5.74, 6) is -2.07. The van der Waals surface area contributed by atoms with Crippen LogP contribution in [0.1, 0.15) is 10.4 Å². The lowest BCUT2D eigenvalue weighted by molar-refractivity contribution is -0.114. The molecule has 0 heterocycles. The van der Waals surface area contributed by atoms with Gasteiger partial charge in [-0.25, -0.2) is 17.6 Å². The molecule has 0 atom stereocenters. The number of sulfonamides is 1. The maximum Gasteiger partial charge on any atom is 0.339 e. The minimum Gasteiger partial charge on any atom is -0.465 e. The predicted molar refractivity (Wildman–Crippen MR) is 131 cm³/mol. The van der Waals surface area contributed by atoms with E-state index in [2.05, 4.69) is 10.1 Å². The Labute approximate surface area is 205 Å². The topological polar surface area (TPSA) is 92.8 Å². The number of benzene rings is 3. The molecule has 1 N–H and O–H groups in total. The largest absolute Gasteiger partial charge is 0.465 e. The molecule has 3 rings (SSSR count). The Morgan fingerprint density at radius 3 is 2.41 bits per heavy atom. The van der Waals surface area contributed by atoms with E-state index in [0.717, 1.165) is 15.3 Å². The standard InChI is InChI=1S/C23H20ClFN2O5S2/c1-32-23(29)20-13-16(6-11-21(20)24)26-22(28)14-27(17-5-3-4-15(25)12-17)34(30,31)19-9-7-18(33-2)8-10-19/h3-13H,14H2,1-2H3,(H,26,28). The third-order valence-electron chi connectivity index (χ3n) is 4.69. The molecule has 0 saturated heterocycles. The second-order valence-corrected chi connectivity index (χ2v) is 10.1. The zero-order chi connectivity index (χ0) is 24.9. The van der Waals surface area contributed by atoms with E-state index < -0.39 is 34.3 Å². The first-order valence-electron chi connectivity index (χ1n) is 9.76. The average Bonchev–Trinajstić information content (AvgIpc) is 2.83. The number of hydrogen-bond donors (Lipinski definition) is 1. The molecule has 0 spiro atoms. The van der Waals surface area contributed by atoms with Crippen molar-refractivity contribution in [2.24, 2.45) is 0 Å². The van der Waals surface area contributed by atoms with Crippen LogP contribution in [0.3, 0.4) is 0 Å². The molecule has 3 aromatic carbocycles. The van der Waals surface area contributed by atoms with Gasteiger partial charge in [-0.3, -0.25) is 9.10 Å². The molecule has 11 heteroatoms. The van der Waals surface area contributed by atoms with Crippen molar-refractivity contribution in [3.05, 3.63) is 83.1 Å². The van der Waals surface area contributed by atoms with Gasteiger partial charge in [0.2, 0.25) is 5.91 Å². The second-order valence-electron chi connectivity index (χ2n) is 6.90. The molecule has 0 fully saturated rings. The first-order valence-corrected chi connectivity index (χ1v) is 12.8. The van der Waals surface area contributed by atoms with Gasteiger partial charge in [0.05, 0.1) is 28.3 Å². The SMILES string of the molecule is COC(=O)c1cc(NC(=O)CN(c2cccc(F)c2)S(=O)(=O)c2ccc(SC)cc2)ccc1Cl. The van der Waals surface area contributed by atoms with Crippen LogP contribution in [0.5, 0.6) is 0 Å². The van der Waals surface area contributed by atoms with Gasteiger partial charge in [-0.1, -0.05) is 17.7 Å². The van der Waals surface area contributed by atoms with E-state index >= 15 is 0 Å². The van der Waals surface area contributed by atoms with Crippen LogP contribution in [0, 0.1) is 5.82 Å². The van der Waals surface area contributed by atoms with Crippen molar-refractivity contribution < 1.29 is 27.1 Å². The number of amides is 1. The number of esters is 1. The Morgan fingerprint density at radius 1 is 1.09 bits per heavy atom. The quantitative estimate of drug-likeness (QED) is 0.337. The first kappa shape index (κ1) is 25.5. The van der Waals surface area contributed by atoms with Gasteiger partial charge >= 0.3 is 5.97 Å². The lowest BCUT2D eigenvalue weighted by Gasteiger charge is -2.24. The fourth-order valence-corrected chi connectivity index (χ4v) is 5.04. The van der Waals surface area contributed by atoms with Gasteiger partial charge in [-0.05, 0) is 66.9 Å². The van der Waals surface area contributed by atoms with Crippen molar-refractivity contribution in [2.75, 3.05) is 29.5 Å². The van der Waals surface area contributed by atoms with Crippen LogP contribution in [0.4, 0.5) is 15.8 Å². The Hall–Kier alpha value is -3.08. The summed E-state index contributed by atoms with van der Waals surface area (Å²) in [6.45, 7) is -0.647. The average molecular weight is 523 g/mol. The van der Waals surface area contributed by atoms with Crippen LogP contribution >= 0.6 is 23.4 Å². The highest BCUT2D eigenvalue weighted by atomic mass is 35.5. The van der Waals surface area contributed by atoms with Gasteiger partial charge in [-0.15, -0.1) is 11.8 Å². The number of ether oxygens (including phenoxy) is 1. The number of nitrogens with one attached hydrogen (secondary N) is 1. The molecule has 34 heavy (non-hydrogen) atoms. The van der Waals surface area contributed by atoms with Crippen molar-refractivity contribution in [3.63, 3.8) is 0 Å². The number of hydrogen-bond acceptors (Lipinski definition) is 6. The number of anilines is 2. The summed E-state index contributed by atoms with van der Waals surface area (Å²) in [4.78, 5) is 25.5. The Balaban J connectivity index is 1.93. The molecule has 7 nitrogen and oxygen atoms in total. The van der Waals surface area contributed by atoms with Crippen LogP contribution in [0.15, 0.2) is 76.5 Å². The summed E-state index contributed by atoms with van der Waals surface area (Å²) in [6.07, 6.45) is 1.86. The number of thioether (sulfide) groups is 1. The molecule has 0 unspecified atom stereocenters. The van der Waals surface area contributed by atoms with E-state index in [4.69, 9.17) is 11.6 Å². The van der Waals surface area contributed by atoms with E-state index in [-0.39, 0.29) is 26.9 Å². The molecule has 0 radical (unpaired) electrons. The minimum atomic E-state index is -4.21. The summed E-state index contributed by atoms with van der Waals surface area (Å²) < 4.78 is 46.2. The van der Waals surface area contributed by atoms with E-state index in [1.165, 1.54) is 67.4 Å². The summed E-state index contributed by atoms with van der Waals surface area (Å²) >= 11 is 7.44.